The van der Waals surface area contributed by atoms with Gasteiger partial charge in [-0.3, -0.25) is 4.79 Å². The third-order valence-electron chi connectivity index (χ3n) is 5.16. The van der Waals surface area contributed by atoms with Crippen LogP contribution in [-0.4, -0.2) is 54.0 Å². The number of methoxy groups -OCH3 is 2. The molecule has 0 aromatic heterocycles. The van der Waals surface area contributed by atoms with Crippen LogP contribution in [-0.2, 0) is 4.79 Å². The number of aliphatic hydroxyl groups is 2. The fourth-order valence-corrected chi connectivity index (χ4v) is 3.73. The maximum absolute atomic E-state index is 12.8. The van der Waals surface area contributed by atoms with Crippen molar-refractivity contribution >= 4 is 5.91 Å². The van der Waals surface area contributed by atoms with E-state index in [1.165, 1.54) is 0 Å². The van der Waals surface area contributed by atoms with Crippen molar-refractivity contribution < 1.29 is 24.5 Å². The number of carbonyl (C=O) groups is 1. The molecule has 0 radical (unpaired) electrons. The highest BCUT2D eigenvalue weighted by Gasteiger charge is 2.52. The van der Waals surface area contributed by atoms with E-state index in [9.17, 15) is 15.0 Å². The van der Waals surface area contributed by atoms with Crippen LogP contribution >= 0.6 is 0 Å². The number of hydrogen-bond acceptors (Lipinski definition) is 5. The first-order chi connectivity index (χ1) is 13.0. The molecule has 1 saturated heterocycles. The number of nitrogens with zero attached hydrogens (tertiary/aromatic N) is 1. The molecular weight excluding hydrogens is 346 g/mol. The molecule has 3 atom stereocenters. The molecular formula is C21H25NO5. The van der Waals surface area contributed by atoms with E-state index in [-0.39, 0.29) is 18.6 Å². The Hall–Kier alpha value is -2.57. The molecule has 3 rings (SSSR count). The number of likely N-dealkylation sites (tertiary alicyclic amines) is 1. The quantitative estimate of drug-likeness (QED) is 0.728. The molecule has 144 valence electrons. The molecule has 0 bridgehead atoms. The van der Waals surface area contributed by atoms with Crippen molar-refractivity contribution in [3.8, 4) is 11.5 Å². The van der Waals surface area contributed by atoms with Crippen LogP contribution in [0.2, 0.25) is 0 Å². The number of ether oxygens (including phenoxy) is 2. The van der Waals surface area contributed by atoms with Gasteiger partial charge in [-0.15, -0.1) is 0 Å². The van der Waals surface area contributed by atoms with Gasteiger partial charge in [0.25, 0.3) is 0 Å². The van der Waals surface area contributed by atoms with Crippen LogP contribution in [0, 0.1) is 5.92 Å². The maximum Gasteiger partial charge on any atom is 0.231 e. The number of hydrogen-bond donors (Lipinski definition) is 2. The lowest BCUT2D eigenvalue weighted by Gasteiger charge is -2.51. The number of carbonyl (C=O) groups excluding carboxylic acids is 1. The Morgan fingerprint density at radius 2 is 1.41 bits per heavy atom. The molecule has 0 aliphatic carbocycles. The second-order valence-corrected chi connectivity index (χ2v) is 6.71. The minimum Gasteiger partial charge on any atom is -0.497 e. The highest BCUT2D eigenvalue weighted by atomic mass is 16.5. The normalized spacial score (nSPS) is 20.4. The van der Waals surface area contributed by atoms with E-state index < -0.39 is 18.1 Å². The fraction of sp³-hybridized carbons (Fsp3) is 0.381. The number of benzene rings is 2. The zero-order valence-corrected chi connectivity index (χ0v) is 15.7. The predicted octanol–water partition coefficient (Wildman–Crippen LogP) is 1.99. The van der Waals surface area contributed by atoms with Gasteiger partial charge in [0.05, 0.1) is 44.9 Å². The molecule has 1 fully saturated rings. The van der Waals surface area contributed by atoms with E-state index in [0.29, 0.717) is 0 Å². The van der Waals surface area contributed by atoms with Crippen LogP contribution in [0.3, 0.4) is 0 Å². The molecule has 1 heterocycles. The molecule has 2 N–H and O–H groups in total. The lowest BCUT2D eigenvalue weighted by atomic mass is 9.80. The summed E-state index contributed by atoms with van der Waals surface area (Å²) in [7, 11) is 3.20. The zero-order chi connectivity index (χ0) is 19.6. The van der Waals surface area contributed by atoms with Crippen molar-refractivity contribution in [2.24, 2.45) is 5.92 Å². The van der Waals surface area contributed by atoms with E-state index >= 15 is 0 Å². The summed E-state index contributed by atoms with van der Waals surface area (Å²) >= 11 is 0. The Bertz CT molecular complexity index is 725. The van der Waals surface area contributed by atoms with Gasteiger partial charge in [-0.1, -0.05) is 24.3 Å². The summed E-state index contributed by atoms with van der Waals surface area (Å²) < 4.78 is 10.5. The van der Waals surface area contributed by atoms with Crippen LogP contribution < -0.4 is 9.47 Å². The van der Waals surface area contributed by atoms with Gasteiger partial charge in [-0.2, -0.15) is 0 Å². The summed E-state index contributed by atoms with van der Waals surface area (Å²) in [6, 6.07) is 14.2. The summed E-state index contributed by atoms with van der Waals surface area (Å²) in [6.07, 6.45) is -0.807. The number of rotatable bonds is 7. The van der Waals surface area contributed by atoms with Gasteiger partial charge in [0.15, 0.2) is 0 Å². The lowest BCUT2D eigenvalue weighted by Crippen LogP contribution is -2.66. The summed E-state index contributed by atoms with van der Waals surface area (Å²) in [5, 5.41) is 19.8. The molecule has 2 aromatic rings. The van der Waals surface area contributed by atoms with Crippen LogP contribution in [0.25, 0.3) is 0 Å². The zero-order valence-electron chi connectivity index (χ0n) is 15.7. The van der Waals surface area contributed by atoms with Crippen molar-refractivity contribution in [2.75, 3.05) is 20.8 Å². The Morgan fingerprint density at radius 1 is 0.963 bits per heavy atom. The van der Waals surface area contributed by atoms with E-state index in [2.05, 4.69) is 0 Å². The van der Waals surface area contributed by atoms with Gasteiger partial charge in [-0.25, -0.2) is 0 Å². The van der Waals surface area contributed by atoms with Crippen molar-refractivity contribution in [1.29, 1.82) is 0 Å². The van der Waals surface area contributed by atoms with Crippen molar-refractivity contribution in [3.63, 3.8) is 0 Å². The van der Waals surface area contributed by atoms with E-state index in [1.807, 2.05) is 48.5 Å². The third kappa shape index (κ3) is 3.50. The van der Waals surface area contributed by atoms with Crippen LogP contribution in [0.4, 0.5) is 0 Å². The topological polar surface area (TPSA) is 79.2 Å². The van der Waals surface area contributed by atoms with Crippen molar-refractivity contribution in [1.82, 2.24) is 4.90 Å². The Balaban J connectivity index is 2.02. The van der Waals surface area contributed by atoms with Crippen LogP contribution in [0.15, 0.2) is 48.5 Å². The Morgan fingerprint density at radius 3 is 1.74 bits per heavy atom. The van der Waals surface area contributed by atoms with Gasteiger partial charge in [0, 0.05) is 0 Å². The molecule has 1 aliphatic heterocycles. The van der Waals surface area contributed by atoms with Crippen molar-refractivity contribution in [3.05, 3.63) is 59.7 Å². The number of amides is 1. The summed E-state index contributed by atoms with van der Waals surface area (Å²) in [4.78, 5) is 14.5. The maximum atomic E-state index is 12.8. The highest BCUT2D eigenvalue weighted by molar-refractivity contribution is 5.87. The Kier molecular flexibility index (Phi) is 5.68. The molecule has 2 aromatic carbocycles. The molecule has 6 nitrogen and oxygen atoms in total. The minimum absolute atomic E-state index is 0.166. The first-order valence-corrected chi connectivity index (χ1v) is 8.90. The van der Waals surface area contributed by atoms with Gasteiger partial charge < -0.3 is 24.6 Å². The summed E-state index contributed by atoms with van der Waals surface area (Å²) in [5.74, 6) is 0.695. The predicted molar refractivity (Wildman–Crippen MR) is 101 cm³/mol. The SMILES string of the molecule is COc1ccc(C(c2ccc(OC)cc2)N2C(=O)[C@H]([C@@H](C)O)[C@H]2CO)cc1. The molecule has 1 aliphatic rings. The largest absolute Gasteiger partial charge is 0.497 e. The Labute approximate surface area is 159 Å². The molecule has 0 unspecified atom stereocenters. The second kappa shape index (κ2) is 7.98. The van der Waals surface area contributed by atoms with Crippen LogP contribution in [0.5, 0.6) is 11.5 Å². The van der Waals surface area contributed by atoms with E-state index in [4.69, 9.17) is 9.47 Å². The fourth-order valence-electron chi connectivity index (χ4n) is 3.73. The van der Waals surface area contributed by atoms with Gasteiger partial charge in [0.2, 0.25) is 5.91 Å². The summed E-state index contributed by atoms with van der Waals surface area (Å²) in [5.41, 5.74) is 1.80. The monoisotopic (exact) mass is 371 g/mol. The smallest absolute Gasteiger partial charge is 0.231 e. The molecule has 1 amide bonds. The standard InChI is InChI=1S/C21H25NO5/c1-13(24)19-18(12-23)22(21(19)25)20(14-4-8-16(26-2)9-5-14)15-6-10-17(27-3)11-7-15/h4-11,13,18-20,23-24H,12H2,1-3H3/t13-,18-,19-/m1/s1. The van der Waals surface area contributed by atoms with Crippen LogP contribution in [0.1, 0.15) is 24.1 Å². The molecule has 0 saturated carbocycles. The first-order valence-electron chi connectivity index (χ1n) is 8.90. The average Bonchev–Trinajstić information content (AvgIpc) is 2.69. The van der Waals surface area contributed by atoms with Crippen molar-refractivity contribution in [2.45, 2.75) is 25.1 Å². The highest BCUT2D eigenvalue weighted by Crippen LogP contribution is 2.41. The summed E-state index contributed by atoms with van der Waals surface area (Å²) in [6.45, 7) is 1.38. The third-order valence-corrected chi connectivity index (χ3v) is 5.16. The molecule has 27 heavy (non-hydrogen) atoms. The second-order valence-electron chi connectivity index (χ2n) is 6.71. The van der Waals surface area contributed by atoms with Gasteiger partial charge in [-0.05, 0) is 42.3 Å². The minimum atomic E-state index is -0.807. The average molecular weight is 371 g/mol. The molecule has 6 heteroatoms. The van der Waals surface area contributed by atoms with E-state index in [0.717, 1.165) is 22.6 Å². The first kappa shape index (κ1) is 19.2. The van der Waals surface area contributed by atoms with Gasteiger partial charge in [0.1, 0.15) is 11.5 Å². The molecule has 0 spiro atoms. The van der Waals surface area contributed by atoms with Gasteiger partial charge >= 0.3 is 0 Å². The number of aliphatic hydroxyl groups excluding tert-OH is 2. The lowest BCUT2D eigenvalue weighted by molar-refractivity contribution is -0.171. The van der Waals surface area contributed by atoms with E-state index in [1.54, 1.807) is 26.0 Å². The number of β-lactam (4-membered cyclic amide) rings is 1.